The fraction of sp³-hybridized carbons (Fsp3) is 0.389. The smallest absolute Gasteiger partial charge is 0.244 e. The molecule has 0 amide bonds. The molecule has 0 atom stereocenters. The number of sulfonamides is 1. The summed E-state index contributed by atoms with van der Waals surface area (Å²) < 4.78 is 27.8. The lowest BCUT2D eigenvalue weighted by Crippen LogP contribution is -2.35. The molecule has 1 aliphatic heterocycles. The number of nitrogens with zero attached hydrogens (tertiary/aromatic N) is 3. The highest BCUT2D eigenvalue weighted by Gasteiger charge is 2.30. The first-order valence-electron chi connectivity index (χ1n) is 8.45. The molecule has 0 spiro atoms. The monoisotopic (exact) mass is 413 g/mol. The molecule has 5 nitrogen and oxygen atoms in total. The zero-order valence-corrected chi connectivity index (χ0v) is 16.9. The standard InChI is InChI=1S/C18H21Cl2N3O2S/c1-14-11-16(19)12-17(20)18(14)26(24,25)23-8-2-7-22(9-10-23)13-15-3-5-21-6-4-15/h3-6,11-12H,2,7-10,13H2,1H3. The number of hydrogen-bond acceptors (Lipinski definition) is 4. The molecule has 1 fully saturated rings. The first-order chi connectivity index (χ1) is 12.4. The minimum Gasteiger partial charge on any atom is -0.298 e. The van der Waals surface area contributed by atoms with E-state index in [-0.39, 0.29) is 9.92 Å². The number of halogens is 2. The van der Waals surface area contributed by atoms with Crippen molar-refractivity contribution >= 4 is 33.2 Å². The van der Waals surface area contributed by atoms with Gasteiger partial charge in [-0.3, -0.25) is 9.88 Å². The van der Waals surface area contributed by atoms with E-state index in [2.05, 4.69) is 9.88 Å². The van der Waals surface area contributed by atoms with Crippen LogP contribution in [0.3, 0.4) is 0 Å². The van der Waals surface area contributed by atoms with Crippen LogP contribution in [0.25, 0.3) is 0 Å². The van der Waals surface area contributed by atoms with Crippen LogP contribution in [0, 0.1) is 6.92 Å². The summed E-state index contributed by atoms with van der Waals surface area (Å²) in [5.41, 5.74) is 1.74. The summed E-state index contributed by atoms with van der Waals surface area (Å²) >= 11 is 12.2. The normalized spacial score (nSPS) is 17.2. The molecule has 1 aromatic heterocycles. The number of aromatic nitrogens is 1. The molecule has 2 heterocycles. The predicted molar refractivity (Wildman–Crippen MR) is 104 cm³/mol. The van der Waals surface area contributed by atoms with E-state index in [0.29, 0.717) is 30.2 Å². The van der Waals surface area contributed by atoms with Crippen molar-refractivity contribution in [2.75, 3.05) is 26.2 Å². The van der Waals surface area contributed by atoms with E-state index >= 15 is 0 Å². The van der Waals surface area contributed by atoms with Crippen LogP contribution in [0.15, 0.2) is 41.6 Å². The second-order valence-corrected chi connectivity index (χ2v) is 9.14. The molecule has 8 heteroatoms. The van der Waals surface area contributed by atoms with E-state index in [0.717, 1.165) is 19.5 Å². The lowest BCUT2D eigenvalue weighted by atomic mass is 10.2. The minimum absolute atomic E-state index is 0.158. The molecule has 1 saturated heterocycles. The zero-order valence-electron chi connectivity index (χ0n) is 14.5. The molecule has 0 saturated carbocycles. The first-order valence-corrected chi connectivity index (χ1v) is 10.6. The van der Waals surface area contributed by atoms with Gasteiger partial charge in [0.2, 0.25) is 10.0 Å². The molecule has 0 radical (unpaired) electrons. The molecule has 3 rings (SSSR count). The average Bonchev–Trinajstić information content (AvgIpc) is 2.80. The lowest BCUT2D eigenvalue weighted by Gasteiger charge is -2.23. The van der Waals surface area contributed by atoms with Crippen molar-refractivity contribution in [1.29, 1.82) is 0 Å². The molecule has 1 aliphatic rings. The van der Waals surface area contributed by atoms with Crippen molar-refractivity contribution in [1.82, 2.24) is 14.2 Å². The summed E-state index contributed by atoms with van der Waals surface area (Å²) in [6.07, 6.45) is 4.32. The fourth-order valence-corrected chi connectivity index (χ4v) is 5.85. The Morgan fingerprint density at radius 1 is 1.08 bits per heavy atom. The van der Waals surface area contributed by atoms with Gasteiger partial charge in [-0.1, -0.05) is 23.2 Å². The van der Waals surface area contributed by atoms with Crippen LogP contribution in [0.4, 0.5) is 0 Å². The third kappa shape index (κ3) is 4.38. The van der Waals surface area contributed by atoms with Crippen molar-refractivity contribution in [3.8, 4) is 0 Å². The Balaban J connectivity index is 1.76. The predicted octanol–water partition coefficient (Wildman–Crippen LogP) is 3.59. The molecule has 2 aromatic rings. The van der Waals surface area contributed by atoms with Gasteiger partial charge in [-0.25, -0.2) is 8.42 Å². The van der Waals surface area contributed by atoms with Gasteiger partial charge in [0.25, 0.3) is 0 Å². The quantitative estimate of drug-likeness (QED) is 0.768. The SMILES string of the molecule is Cc1cc(Cl)cc(Cl)c1S(=O)(=O)N1CCCN(Cc2ccncc2)CC1. The Morgan fingerprint density at radius 3 is 2.50 bits per heavy atom. The average molecular weight is 414 g/mol. The van der Waals surface area contributed by atoms with Crippen molar-refractivity contribution < 1.29 is 8.42 Å². The molecular weight excluding hydrogens is 393 g/mol. The summed E-state index contributed by atoms with van der Waals surface area (Å²) in [5, 5.41) is 0.610. The summed E-state index contributed by atoms with van der Waals surface area (Å²) in [6, 6.07) is 7.08. The molecule has 0 N–H and O–H groups in total. The van der Waals surface area contributed by atoms with Crippen molar-refractivity contribution in [3.05, 3.63) is 57.8 Å². The third-order valence-electron chi connectivity index (χ3n) is 4.49. The van der Waals surface area contributed by atoms with Crippen LogP contribution in [0.5, 0.6) is 0 Å². The van der Waals surface area contributed by atoms with Crippen LogP contribution in [0.2, 0.25) is 10.0 Å². The second kappa shape index (κ2) is 8.23. The highest BCUT2D eigenvalue weighted by atomic mass is 35.5. The Morgan fingerprint density at radius 2 is 1.81 bits per heavy atom. The Bertz CT molecular complexity index is 852. The van der Waals surface area contributed by atoms with Crippen LogP contribution in [0.1, 0.15) is 17.5 Å². The highest BCUT2D eigenvalue weighted by Crippen LogP contribution is 2.31. The van der Waals surface area contributed by atoms with Gasteiger partial charge in [-0.05, 0) is 55.3 Å². The molecular formula is C18H21Cl2N3O2S. The zero-order chi connectivity index (χ0) is 18.7. The Labute approximate surface area is 164 Å². The highest BCUT2D eigenvalue weighted by molar-refractivity contribution is 7.89. The minimum atomic E-state index is -3.65. The van der Waals surface area contributed by atoms with E-state index in [1.54, 1.807) is 25.4 Å². The van der Waals surface area contributed by atoms with Gasteiger partial charge in [-0.15, -0.1) is 0 Å². The number of aryl methyl sites for hydroxylation is 1. The number of hydrogen-bond donors (Lipinski definition) is 0. The van der Waals surface area contributed by atoms with Crippen molar-refractivity contribution in [2.24, 2.45) is 0 Å². The second-order valence-electron chi connectivity index (χ2n) is 6.42. The number of rotatable bonds is 4. The van der Waals surface area contributed by atoms with Gasteiger partial charge in [0.15, 0.2) is 0 Å². The van der Waals surface area contributed by atoms with Gasteiger partial charge >= 0.3 is 0 Å². The Hall–Kier alpha value is -1.18. The van der Waals surface area contributed by atoms with E-state index in [1.165, 1.54) is 15.9 Å². The van der Waals surface area contributed by atoms with Gasteiger partial charge in [0.05, 0.1) is 5.02 Å². The maximum absolute atomic E-state index is 13.1. The van der Waals surface area contributed by atoms with E-state index in [9.17, 15) is 8.42 Å². The van der Waals surface area contributed by atoms with E-state index in [1.807, 2.05) is 12.1 Å². The summed E-state index contributed by atoms with van der Waals surface area (Å²) in [6.45, 7) is 4.95. The summed E-state index contributed by atoms with van der Waals surface area (Å²) in [7, 11) is -3.65. The number of benzene rings is 1. The van der Waals surface area contributed by atoms with Gasteiger partial charge < -0.3 is 0 Å². The fourth-order valence-electron chi connectivity index (χ4n) is 3.24. The summed E-state index contributed by atoms with van der Waals surface area (Å²) in [4.78, 5) is 6.45. The van der Waals surface area contributed by atoms with Crippen LogP contribution < -0.4 is 0 Å². The molecule has 26 heavy (non-hydrogen) atoms. The maximum atomic E-state index is 13.1. The van der Waals surface area contributed by atoms with E-state index in [4.69, 9.17) is 23.2 Å². The molecule has 140 valence electrons. The van der Waals surface area contributed by atoms with Crippen LogP contribution in [-0.4, -0.2) is 48.8 Å². The summed E-state index contributed by atoms with van der Waals surface area (Å²) in [5.74, 6) is 0. The third-order valence-corrected chi connectivity index (χ3v) is 7.23. The number of pyridine rings is 1. The van der Waals surface area contributed by atoms with E-state index < -0.39 is 10.0 Å². The first kappa shape index (κ1) is 19.6. The van der Waals surface area contributed by atoms with Gasteiger partial charge in [0, 0.05) is 43.6 Å². The Kier molecular flexibility index (Phi) is 6.20. The van der Waals surface area contributed by atoms with Gasteiger partial charge in [0.1, 0.15) is 4.90 Å². The molecule has 1 aromatic carbocycles. The van der Waals surface area contributed by atoms with Crippen molar-refractivity contribution in [2.45, 2.75) is 24.8 Å². The lowest BCUT2D eigenvalue weighted by molar-refractivity contribution is 0.278. The largest absolute Gasteiger partial charge is 0.298 e. The van der Waals surface area contributed by atoms with Crippen LogP contribution >= 0.6 is 23.2 Å². The molecule has 0 aliphatic carbocycles. The molecule has 0 bridgehead atoms. The van der Waals surface area contributed by atoms with Crippen LogP contribution in [-0.2, 0) is 16.6 Å². The van der Waals surface area contributed by atoms with Crippen molar-refractivity contribution in [3.63, 3.8) is 0 Å². The topological polar surface area (TPSA) is 53.5 Å². The molecule has 0 unspecified atom stereocenters. The van der Waals surface area contributed by atoms with Gasteiger partial charge in [-0.2, -0.15) is 4.31 Å². The maximum Gasteiger partial charge on any atom is 0.244 e.